The van der Waals surface area contributed by atoms with Gasteiger partial charge in [0.05, 0.1) is 34.2 Å². The van der Waals surface area contributed by atoms with Crippen molar-refractivity contribution in [1.82, 2.24) is 13.9 Å². The molecular weight excluding hydrogens is 426 g/mol. The average molecular weight is 448 g/mol. The summed E-state index contributed by atoms with van der Waals surface area (Å²) in [4.78, 5) is 4.82. The summed E-state index contributed by atoms with van der Waals surface area (Å²) in [6.45, 7) is 4.06. The number of hydrogen-bond acceptors (Lipinski definition) is 5. The zero-order chi connectivity index (χ0) is 21.3. The maximum Gasteiger partial charge on any atom is 0.243 e. The molecule has 2 heterocycles. The van der Waals surface area contributed by atoms with Crippen LogP contribution in [0, 0.1) is 0 Å². The van der Waals surface area contributed by atoms with Crippen LogP contribution in [0.3, 0.4) is 0 Å². The van der Waals surface area contributed by atoms with Crippen LogP contribution in [-0.2, 0) is 21.3 Å². The van der Waals surface area contributed by atoms with Gasteiger partial charge in [0, 0.05) is 19.6 Å². The summed E-state index contributed by atoms with van der Waals surface area (Å²) in [6, 6.07) is 11.7. The van der Waals surface area contributed by atoms with E-state index in [1.165, 1.54) is 4.31 Å². The first-order chi connectivity index (χ1) is 14.4. The number of phenols is 1. The summed E-state index contributed by atoms with van der Waals surface area (Å²) in [7, 11) is -3.61. The summed E-state index contributed by atoms with van der Waals surface area (Å²) in [6.07, 6.45) is 1.72. The molecule has 0 unspecified atom stereocenters. The smallest absolute Gasteiger partial charge is 0.243 e. The molecule has 30 heavy (non-hydrogen) atoms. The van der Waals surface area contributed by atoms with Crippen LogP contribution >= 0.6 is 11.6 Å². The second-order valence-corrected chi connectivity index (χ2v) is 9.28. The zero-order valence-corrected chi connectivity index (χ0v) is 18.0. The van der Waals surface area contributed by atoms with E-state index in [0.717, 1.165) is 11.1 Å². The van der Waals surface area contributed by atoms with Crippen molar-refractivity contribution < 1.29 is 18.3 Å². The predicted molar refractivity (Wildman–Crippen MR) is 117 cm³/mol. The molecule has 2 aromatic carbocycles. The molecule has 0 atom stereocenters. The molecule has 7 nitrogen and oxygen atoms in total. The number of phenolic OH excluding ortho intramolecular Hbond substituents is 1. The molecular formula is C21H22ClN3O4S. The van der Waals surface area contributed by atoms with Gasteiger partial charge in [0.15, 0.2) is 5.82 Å². The number of benzene rings is 2. The molecule has 4 rings (SSSR count). The molecule has 0 saturated carbocycles. The van der Waals surface area contributed by atoms with Crippen molar-refractivity contribution >= 4 is 43.8 Å². The largest absolute Gasteiger partial charge is 0.508 e. The first-order valence-corrected chi connectivity index (χ1v) is 11.5. The molecule has 1 N–H and O–H groups in total. The molecule has 3 aromatic rings. The number of sulfonamides is 1. The Labute approximate surface area is 180 Å². The number of aryl methyl sites for hydroxylation is 1. The molecule has 0 spiro atoms. The van der Waals surface area contributed by atoms with Gasteiger partial charge in [-0.15, -0.1) is 0 Å². The van der Waals surface area contributed by atoms with Gasteiger partial charge < -0.3 is 14.4 Å². The summed E-state index contributed by atoms with van der Waals surface area (Å²) in [5.41, 5.74) is 2.10. The van der Waals surface area contributed by atoms with Gasteiger partial charge in [0.2, 0.25) is 10.0 Å². The molecule has 9 heteroatoms. The highest BCUT2D eigenvalue weighted by atomic mass is 35.5. The van der Waals surface area contributed by atoms with Crippen LogP contribution < -0.4 is 0 Å². The van der Waals surface area contributed by atoms with Crippen LogP contribution in [0.4, 0.5) is 0 Å². The molecule has 1 aromatic heterocycles. The number of imidazole rings is 1. The molecule has 0 radical (unpaired) electrons. The van der Waals surface area contributed by atoms with Crippen molar-refractivity contribution in [3.63, 3.8) is 0 Å². The molecule has 1 fully saturated rings. The van der Waals surface area contributed by atoms with E-state index in [0.29, 0.717) is 49.2 Å². The second kappa shape index (κ2) is 8.39. The number of rotatable bonds is 5. The first-order valence-electron chi connectivity index (χ1n) is 9.65. The van der Waals surface area contributed by atoms with Gasteiger partial charge in [0.25, 0.3) is 0 Å². The molecule has 0 amide bonds. The number of hydrogen-bond donors (Lipinski definition) is 1. The fourth-order valence-electron chi connectivity index (χ4n) is 3.53. The van der Waals surface area contributed by atoms with E-state index in [4.69, 9.17) is 16.3 Å². The van der Waals surface area contributed by atoms with E-state index >= 15 is 0 Å². The number of aromatic nitrogens is 2. The zero-order valence-electron chi connectivity index (χ0n) is 16.5. The van der Waals surface area contributed by atoms with E-state index in [1.54, 1.807) is 42.5 Å². The number of halogens is 1. The van der Waals surface area contributed by atoms with Crippen molar-refractivity contribution in [3.8, 4) is 5.75 Å². The number of nitrogens with zero attached hydrogens (tertiary/aromatic N) is 3. The lowest BCUT2D eigenvalue weighted by atomic mass is 10.2. The van der Waals surface area contributed by atoms with Crippen molar-refractivity contribution in [1.29, 1.82) is 0 Å². The normalized spacial score (nSPS) is 16.3. The maximum atomic E-state index is 13.0. The minimum absolute atomic E-state index is 0.148. The van der Waals surface area contributed by atoms with Crippen LogP contribution in [0.25, 0.3) is 22.1 Å². The average Bonchev–Trinajstić information content (AvgIpc) is 3.12. The molecule has 158 valence electrons. The van der Waals surface area contributed by atoms with Gasteiger partial charge in [-0.25, -0.2) is 13.4 Å². The number of fused-ring (bicyclic) bond motifs is 1. The number of morpholine rings is 1. The van der Waals surface area contributed by atoms with E-state index in [2.05, 4.69) is 4.98 Å². The highest BCUT2D eigenvalue weighted by molar-refractivity contribution is 7.89. The van der Waals surface area contributed by atoms with E-state index in [9.17, 15) is 13.5 Å². The summed E-state index contributed by atoms with van der Waals surface area (Å²) in [5, 5.41) is 10.1. The van der Waals surface area contributed by atoms with Crippen molar-refractivity contribution in [2.75, 3.05) is 26.3 Å². The summed E-state index contributed by atoms with van der Waals surface area (Å²) in [5.74, 6) is 0.689. The maximum absolute atomic E-state index is 13.0. The molecule has 1 aliphatic heterocycles. The van der Waals surface area contributed by atoms with E-state index in [1.807, 2.05) is 17.6 Å². The van der Waals surface area contributed by atoms with Crippen molar-refractivity contribution in [3.05, 3.63) is 53.9 Å². The quantitative estimate of drug-likeness (QED) is 0.646. The topological polar surface area (TPSA) is 84.7 Å². The SMILES string of the molecule is CCn1c(/C(Cl)=C/c2cccc(O)c2)nc2cc(S(=O)(=O)N3CCOCC3)ccc21. The highest BCUT2D eigenvalue weighted by Crippen LogP contribution is 2.29. The van der Waals surface area contributed by atoms with Crippen LogP contribution in [0.15, 0.2) is 47.4 Å². The highest BCUT2D eigenvalue weighted by Gasteiger charge is 2.27. The number of ether oxygens (including phenoxy) is 1. The Balaban J connectivity index is 1.75. The van der Waals surface area contributed by atoms with Crippen LogP contribution in [0.5, 0.6) is 5.75 Å². The summed E-state index contributed by atoms with van der Waals surface area (Å²) < 4.78 is 34.6. The third kappa shape index (κ3) is 3.96. The fraction of sp³-hybridized carbons (Fsp3) is 0.286. The first kappa shape index (κ1) is 20.9. The Morgan fingerprint density at radius 1 is 1.23 bits per heavy atom. The van der Waals surface area contributed by atoms with E-state index in [-0.39, 0.29) is 10.6 Å². The molecule has 0 bridgehead atoms. The Hall–Kier alpha value is -2.39. The van der Waals surface area contributed by atoms with Crippen molar-refractivity contribution in [2.24, 2.45) is 0 Å². The third-order valence-corrected chi connectivity index (χ3v) is 7.19. The van der Waals surface area contributed by atoms with Gasteiger partial charge in [0.1, 0.15) is 5.75 Å². The van der Waals surface area contributed by atoms with Gasteiger partial charge in [-0.1, -0.05) is 23.7 Å². The van der Waals surface area contributed by atoms with Crippen LogP contribution in [0.2, 0.25) is 0 Å². The van der Waals surface area contributed by atoms with Crippen LogP contribution in [0.1, 0.15) is 18.3 Å². The van der Waals surface area contributed by atoms with E-state index < -0.39 is 10.0 Å². The van der Waals surface area contributed by atoms with Gasteiger partial charge in [-0.05, 0) is 48.9 Å². The standard InChI is InChI=1S/C21H22ClN3O4S/c1-2-25-20-7-6-17(30(27,28)24-8-10-29-11-9-24)14-19(20)23-21(25)18(22)13-15-4-3-5-16(26)12-15/h3-7,12-14,26H,2,8-11H2,1H3/b18-13-. The Morgan fingerprint density at radius 3 is 2.70 bits per heavy atom. The minimum Gasteiger partial charge on any atom is -0.508 e. The Morgan fingerprint density at radius 2 is 2.00 bits per heavy atom. The van der Waals surface area contributed by atoms with Gasteiger partial charge in [-0.3, -0.25) is 0 Å². The van der Waals surface area contributed by atoms with Gasteiger partial charge in [-0.2, -0.15) is 4.31 Å². The lowest BCUT2D eigenvalue weighted by Crippen LogP contribution is -2.40. The fourth-order valence-corrected chi connectivity index (χ4v) is 5.23. The van der Waals surface area contributed by atoms with Crippen LogP contribution in [-0.4, -0.2) is 53.7 Å². The molecule has 0 aliphatic carbocycles. The number of aromatic hydroxyl groups is 1. The molecule has 1 saturated heterocycles. The van der Waals surface area contributed by atoms with Crippen molar-refractivity contribution in [2.45, 2.75) is 18.4 Å². The second-order valence-electron chi connectivity index (χ2n) is 6.93. The lowest BCUT2D eigenvalue weighted by molar-refractivity contribution is 0.0730. The third-order valence-electron chi connectivity index (χ3n) is 5.02. The Bertz CT molecular complexity index is 1210. The lowest BCUT2D eigenvalue weighted by Gasteiger charge is -2.26. The Kier molecular flexibility index (Phi) is 5.84. The monoisotopic (exact) mass is 447 g/mol. The minimum atomic E-state index is -3.61. The molecule has 1 aliphatic rings. The predicted octanol–water partition coefficient (Wildman–Crippen LogP) is 3.52. The summed E-state index contributed by atoms with van der Waals surface area (Å²) >= 11 is 6.56. The van der Waals surface area contributed by atoms with Gasteiger partial charge >= 0.3 is 0 Å².